The lowest BCUT2D eigenvalue weighted by Crippen LogP contribution is -1.96. The number of ether oxygens (including phenoxy) is 1. The van der Waals surface area contributed by atoms with Crippen LogP contribution in [-0.2, 0) is 4.74 Å². The number of hydrogen-bond donors (Lipinski definition) is 1. The minimum absolute atomic E-state index is 0.329. The van der Waals surface area contributed by atoms with E-state index in [2.05, 4.69) is 9.72 Å². The Morgan fingerprint density at radius 2 is 2.36 bits per heavy atom. The Balaban J connectivity index is 2.56. The molecular weight excluding hydrogens is 200 g/mol. The molecule has 0 saturated carbocycles. The van der Waals surface area contributed by atoms with E-state index in [9.17, 15) is 4.79 Å². The maximum atomic E-state index is 11.2. The number of pyridine rings is 1. The average Bonchev–Trinajstić information content (AvgIpc) is 2.59. The molecule has 0 atom stereocenters. The number of anilines is 1. The van der Waals surface area contributed by atoms with Crippen LogP contribution >= 0.6 is 11.3 Å². The van der Waals surface area contributed by atoms with Gasteiger partial charge in [0, 0.05) is 16.3 Å². The van der Waals surface area contributed by atoms with Crippen molar-refractivity contribution in [2.75, 3.05) is 12.8 Å². The van der Waals surface area contributed by atoms with Crippen LogP contribution in [0.5, 0.6) is 0 Å². The standard InChI is InChI=1S/C9H8N2O2S/c1-13-9(12)7-2-5-4-11-8(10)3-6(5)14-7/h2-4H,1H3,(H2,10,11). The Kier molecular flexibility index (Phi) is 2.09. The second-order valence-electron chi connectivity index (χ2n) is 2.75. The summed E-state index contributed by atoms with van der Waals surface area (Å²) in [5.41, 5.74) is 5.52. The first-order chi connectivity index (χ1) is 6.70. The van der Waals surface area contributed by atoms with E-state index in [0.29, 0.717) is 10.7 Å². The first kappa shape index (κ1) is 8.96. The summed E-state index contributed by atoms with van der Waals surface area (Å²) in [7, 11) is 1.36. The van der Waals surface area contributed by atoms with Gasteiger partial charge in [-0.1, -0.05) is 0 Å². The van der Waals surface area contributed by atoms with Crippen LogP contribution in [0.3, 0.4) is 0 Å². The molecule has 2 rings (SSSR count). The van der Waals surface area contributed by atoms with Gasteiger partial charge < -0.3 is 10.5 Å². The van der Waals surface area contributed by atoms with Crippen molar-refractivity contribution in [3.05, 3.63) is 23.2 Å². The van der Waals surface area contributed by atoms with Gasteiger partial charge in [0.2, 0.25) is 0 Å². The molecule has 0 aliphatic heterocycles. The van der Waals surface area contributed by atoms with Gasteiger partial charge in [-0.15, -0.1) is 11.3 Å². The number of aromatic nitrogens is 1. The van der Waals surface area contributed by atoms with E-state index in [1.807, 2.05) is 0 Å². The number of hydrogen-bond acceptors (Lipinski definition) is 5. The SMILES string of the molecule is COC(=O)c1cc2cnc(N)cc2s1. The molecule has 2 aromatic heterocycles. The topological polar surface area (TPSA) is 65.2 Å². The van der Waals surface area contributed by atoms with Gasteiger partial charge in [0.1, 0.15) is 10.7 Å². The number of nitrogen functional groups attached to an aromatic ring is 1. The monoisotopic (exact) mass is 208 g/mol. The lowest BCUT2D eigenvalue weighted by molar-refractivity contribution is 0.0606. The molecule has 2 heterocycles. The van der Waals surface area contributed by atoms with Crippen LogP contribution in [0.4, 0.5) is 5.82 Å². The first-order valence-electron chi connectivity index (χ1n) is 3.94. The number of carbonyl (C=O) groups excluding carboxylic acids is 1. The molecule has 0 fully saturated rings. The first-order valence-corrected chi connectivity index (χ1v) is 4.76. The van der Waals surface area contributed by atoms with Crippen LogP contribution in [0, 0.1) is 0 Å². The van der Waals surface area contributed by atoms with Crippen LogP contribution in [0.1, 0.15) is 9.67 Å². The molecule has 4 nitrogen and oxygen atoms in total. The van der Waals surface area contributed by atoms with Crippen LogP contribution in [-0.4, -0.2) is 18.1 Å². The highest BCUT2D eigenvalue weighted by Crippen LogP contribution is 2.26. The molecule has 14 heavy (non-hydrogen) atoms. The minimum atomic E-state index is -0.329. The number of methoxy groups -OCH3 is 1. The molecule has 0 spiro atoms. The van der Waals surface area contributed by atoms with Crippen LogP contribution in [0.2, 0.25) is 0 Å². The average molecular weight is 208 g/mol. The van der Waals surface area contributed by atoms with Crippen LogP contribution < -0.4 is 5.73 Å². The molecule has 0 radical (unpaired) electrons. The Morgan fingerprint density at radius 3 is 3.07 bits per heavy atom. The number of nitrogens with two attached hydrogens (primary N) is 1. The summed E-state index contributed by atoms with van der Waals surface area (Å²) >= 11 is 1.35. The van der Waals surface area contributed by atoms with E-state index in [4.69, 9.17) is 5.73 Å². The molecule has 2 aromatic rings. The summed E-state index contributed by atoms with van der Waals surface area (Å²) in [4.78, 5) is 15.7. The smallest absolute Gasteiger partial charge is 0.348 e. The third kappa shape index (κ3) is 1.42. The zero-order chi connectivity index (χ0) is 10.1. The van der Waals surface area contributed by atoms with Crippen molar-refractivity contribution in [2.24, 2.45) is 0 Å². The predicted octanol–water partition coefficient (Wildman–Crippen LogP) is 1.67. The molecule has 0 amide bonds. The molecule has 5 heteroatoms. The molecule has 0 aromatic carbocycles. The van der Waals surface area contributed by atoms with Crippen molar-refractivity contribution in [1.82, 2.24) is 4.98 Å². The Bertz CT molecular complexity index is 493. The molecule has 0 saturated heterocycles. The third-order valence-electron chi connectivity index (χ3n) is 1.81. The summed E-state index contributed by atoms with van der Waals surface area (Å²) in [5.74, 6) is 0.125. The molecule has 72 valence electrons. The Labute approximate surface area is 84.3 Å². The fourth-order valence-corrected chi connectivity index (χ4v) is 2.15. The third-order valence-corrected chi connectivity index (χ3v) is 2.89. The van der Waals surface area contributed by atoms with E-state index < -0.39 is 0 Å². The fraction of sp³-hybridized carbons (Fsp3) is 0.111. The van der Waals surface area contributed by atoms with Crippen molar-refractivity contribution < 1.29 is 9.53 Å². The van der Waals surface area contributed by atoms with Gasteiger partial charge in [-0.3, -0.25) is 0 Å². The number of rotatable bonds is 1. The molecule has 0 aliphatic carbocycles. The normalized spacial score (nSPS) is 10.4. The summed E-state index contributed by atoms with van der Waals surface area (Å²) < 4.78 is 5.56. The lowest BCUT2D eigenvalue weighted by atomic mass is 10.3. The highest BCUT2D eigenvalue weighted by molar-refractivity contribution is 7.20. The van der Waals surface area contributed by atoms with E-state index in [1.165, 1.54) is 18.4 Å². The molecular formula is C9H8N2O2S. The van der Waals surface area contributed by atoms with E-state index >= 15 is 0 Å². The number of fused-ring (bicyclic) bond motifs is 1. The predicted molar refractivity (Wildman–Crippen MR) is 55.4 cm³/mol. The quantitative estimate of drug-likeness (QED) is 0.724. The minimum Gasteiger partial charge on any atom is -0.465 e. The summed E-state index contributed by atoms with van der Waals surface area (Å²) in [6, 6.07) is 3.49. The summed E-state index contributed by atoms with van der Waals surface area (Å²) in [6.45, 7) is 0. The van der Waals surface area contributed by atoms with Crippen LogP contribution in [0.15, 0.2) is 18.3 Å². The molecule has 0 aliphatic rings. The Morgan fingerprint density at radius 1 is 1.57 bits per heavy atom. The zero-order valence-electron chi connectivity index (χ0n) is 7.48. The molecule has 0 unspecified atom stereocenters. The van der Waals surface area contributed by atoms with Gasteiger partial charge in [-0.05, 0) is 12.1 Å². The van der Waals surface area contributed by atoms with Gasteiger partial charge in [0.25, 0.3) is 0 Å². The second kappa shape index (κ2) is 3.26. The van der Waals surface area contributed by atoms with Crippen LogP contribution in [0.25, 0.3) is 10.1 Å². The van der Waals surface area contributed by atoms with Gasteiger partial charge >= 0.3 is 5.97 Å². The van der Waals surface area contributed by atoms with Crippen molar-refractivity contribution in [1.29, 1.82) is 0 Å². The van der Waals surface area contributed by atoms with Crippen molar-refractivity contribution in [2.45, 2.75) is 0 Å². The molecule has 0 bridgehead atoms. The molecule has 2 N–H and O–H groups in total. The maximum Gasteiger partial charge on any atom is 0.348 e. The van der Waals surface area contributed by atoms with E-state index in [-0.39, 0.29) is 5.97 Å². The number of carbonyl (C=O) groups is 1. The lowest BCUT2D eigenvalue weighted by Gasteiger charge is -1.90. The largest absolute Gasteiger partial charge is 0.465 e. The van der Waals surface area contributed by atoms with E-state index in [1.54, 1.807) is 18.3 Å². The van der Waals surface area contributed by atoms with Gasteiger partial charge in [-0.25, -0.2) is 9.78 Å². The van der Waals surface area contributed by atoms with E-state index in [0.717, 1.165) is 10.1 Å². The number of esters is 1. The van der Waals surface area contributed by atoms with Crippen molar-refractivity contribution in [3.8, 4) is 0 Å². The highest BCUT2D eigenvalue weighted by Gasteiger charge is 2.10. The Hall–Kier alpha value is -1.62. The summed E-state index contributed by atoms with van der Waals surface area (Å²) in [5, 5.41) is 0.907. The zero-order valence-corrected chi connectivity index (χ0v) is 8.30. The second-order valence-corrected chi connectivity index (χ2v) is 3.83. The van der Waals surface area contributed by atoms with Gasteiger partial charge in [-0.2, -0.15) is 0 Å². The van der Waals surface area contributed by atoms with Gasteiger partial charge in [0.05, 0.1) is 7.11 Å². The number of thiophene rings is 1. The maximum absolute atomic E-state index is 11.2. The summed E-state index contributed by atoms with van der Waals surface area (Å²) in [6.07, 6.45) is 1.65. The highest BCUT2D eigenvalue weighted by atomic mass is 32.1. The number of nitrogens with zero attached hydrogens (tertiary/aromatic N) is 1. The van der Waals surface area contributed by atoms with Crippen molar-refractivity contribution in [3.63, 3.8) is 0 Å². The fourth-order valence-electron chi connectivity index (χ4n) is 1.15. The van der Waals surface area contributed by atoms with Gasteiger partial charge in [0.15, 0.2) is 0 Å². The van der Waals surface area contributed by atoms with Crippen molar-refractivity contribution >= 4 is 33.2 Å².